The van der Waals surface area contributed by atoms with Crippen molar-refractivity contribution in [2.24, 2.45) is 5.92 Å². The van der Waals surface area contributed by atoms with Crippen molar-refractivity contribution < 1.29 is 9.59 Å². The van der Waals surface area contributed by atoms with Crippen molar-refractivity contribution in [3.8, 4) is 0 Å². The van der Waals surface area contributed by atoms with E-state index in [0.717, 1.165) is 51.1 Å². The topological polar surface area (TPSA) is 58.4 Å². The zero-order valence-electron chi connectivity index (χ0n) is 14.4. The van der Waals surface area contributed by atoms with Gasteiger partial charge in [0.2, 0.25) is 11.8 Å². The Hall–Kier alpha value is -1.85. The Morgan fingerprint density at radius 1 is 1.25 bits per heavy atom. The minimum atomic E-state index is -0.118. The predicted octanol–water partition coefficient (Wildman–Crippen LogP) is 1.62. The minimum Gasteiger partial charge on any atom is -0.342 e. The molecule has 4 rings (SSSR count). The largest absolute Gasteiger partial charge is 0.342 e. The van der Waals surface area contributed by atoms with E-state index in [-0.39, 0.29) is 17.7 Å². The molecule has 0 radical (unpaired) electrons. The highest BCUT2D eigenvalue weighted by atomic mass is 16.2. The fraction of sp³-hybridized carbons (Fsp3) is 0.722. The molecule has 2 aliphatic heterocycles. The van der Waals surface area contributed by atoms with Crippen LogP contribution in [0.3, 0.4) is 0 Å². The molecule has 1 aliphatic carbocycles. The Bertz CT molecular complexity index is 629. The molecule has 3 heterocycles. The van der Waals surface area contributed by atoms with Gasteiger partial charge in [0.15, 0.2) is 0 Å². The maximum absolute atomic E-state index is 12.8. The number of aryl methyl sites for hydroxylation is 1. The first-order chi connectivity index (χ1) is 11.7. The first kappa shape index (κ1) is 15.7. The van der Waals surface area contributed by atoms with E-state index in [1.807, 2.05) is 22.2 Å². The number of aromatic nitrogens is 2. The van der Waals surface area contributed by atoms with Crippen molar-refractivity contribution in [3.63, 3.8) is 0 Å². The molecule has 2 amide bonds. The highest BCUT2D eigenvalue weighted by Gasteiger charge is 2.43. The van der Waals surface area contributed by atoms with E-state index in [4.69, 9.17) is 0 Å². The third-order valence-electron chi connectivity index (χ3n) is 5.76. The Balaban J connectivity index is 1.34. The zero-order valence-corrected chi connectivity index (χ0v) is 14.4. The lowest BCUT2D eigenvalue weighted by Gasteiger charge is -2.33. The molecule has 0 bridgehead atoms. The molecule has 0 spiro atoms. The molecule has 6 heteroatoms. The SMILES string of the molecule is CCn1ccnc1C1CCN(C(=O)[C@@H]2CC(=O)N(C3CC3)C2)CC1. The molecule has 0 aromatic carbocycles. The summed E-state index contributed by atoms with van der Waals surface area (Å²) in [6.45, 7) is 5.28. The molecule has 1 aromatic rings. The van der Waals surface area contributed by atoms with Gasteiger partial charge in [-0.3, -0.25) is 9.59 Å². The average molecular weight is 330 g/mol. The van der Waals surface area contributed by atoms with Gasteiger partial charge >= 0.3 is 0 Å². The third kappa shape index (κ3) is 2.82. The number of nitrogens with zero attached hydrogens (tertiary/aromatic N) is 4. The number of carbonyl (C=O) groups is 2. The van der Waals surface area contributed by atoms with Gasteiger partial charge in [-0.25, -0.2) is 4.98 Å². The zero-order chi connectivity index (χ0) is 16.7. The number of piperidine rings is 1. The molecule has 1 saturated carbocycles. The summed E-state index contributed by atoms with van der Waals surface area (Å²) in [5, 5.41) is 0. The van der Waals surface area contributed by atoms with Crippen LogP contribution in [0, 0.1) is 5.92 Å². The average Bonchev–Trinajstić information content (AvgIpc) is 3.20. The Labute approximate surface area is 142 Å². The van der Waals surface area contributed by atoms with E-state index in [9.17, 15) is 9.59 Å². The summed E-state index contributed by atoms with van der Waals surface area (Å²) < 4.78 is 2.20. The molecule has 130 valence electrons. The number of hydrogen-bond acceptors (Lipinski definition) is 3. The second kappa shape index (κ2) is 6.22. The van der Waals surface area contributed by atoms with Crippen molar-refractivity contribution in [1.29, 1.82) is 0 Å². The van der Waals surface area contributed by atoms with E-state index in [2.05, 4.69) is 16.5 Å². The summed E-state index contributed by atoms with van der Waals surface area (Å²) in [6, 6.07) is 0.425. The highest BCUT2D eigenvalue weighted by molar-refractivity contribution is 5.89. The van der Waals surface area contributed by atoms with Crippen molar-refractivity contribution in [1.82, 2.24) is 19.4 Å². The summed E-state index contributed by atoms with van der Waals surface area (Å²) >= 11 is 0. The van der Waals surface area contributed by atoms with Gasteiger partial charge in [0, 0.05) is 57.0 Å². The van der Waals surface area contributed by atoms with Gasteiger partial charge in [-0.15, -0.1) is 0 Å². The van der Waals surface area contributed by atoms with Gasteiger partial charge in [-0.2, -0.15) is 0 Å². The maximum Gasteiger partial charge on any atom is 0.227 e. The predicted molar refractivity (Wildman–Crippen MR) is 89.3 cm³/mol. The van der Waals surface area contributed by atoms with Crippen LogP contribution in [0.1, 0.15) is 50.8 Å². The number of carbonyl (C=O) groups excluding carboxylic acids is 2. The Morgan fingerprint density at radius 2 is 2.00 bits per heavy atom. The van der Waals surface area contributed by atoms with Gasteiger partial charge in [0.1, 0.15) is 5.82 Å². The monoisotopic (exact) mass is 330 g/mol. The van der Waals surface area contributed by atoms with Crippen LogP contribution in [-0.2, 0) is 16.1 Å². The van der Waals surface area contributed by atoms with E-state index in [1.165, 1.54) is 0 Å². The van der Waals surface area contributed by atoms with Crippen LogP contribution in [0.25, 0.3) is 0 Å². The maximum atomic E-state index is 12.8. The van der Waals surface area contributed by atoms with E-state index >= 15 is 0 Å². The molecule has 3 fully saturated rings. The van der Waals surface area contributed by atoms with Gasteiger partial charge in [-0.05, 0) is 32.6 Å². The van der Waals surface area contributed by atoms with Gasteiger partial charge in [-0.1, -0.05) is 0 Å². The van der Waals surface area contributed by atoms with Gasteiger partial charge in [0.25, 0.3) is 0 Å². The molecular weight excluding hydrogens is 304 g/mol. The highest BCUT2D eigenvalue weighted by Crippen LogP contribution is 2.34. The Morgan fingerprint density at radius 3 is 2.67 bits per heavy atom. The van der Waals surface area contributed by atoms with Crippen LogP contribution in [0.5, 0.6) is 0 Å². The van der Waals surface area contributed by atoms with Gasteiger partial charge < -0.3 is 14.4 Å². The standard InChI is InChI=1S/C18H26N4O2/c1-2-20-10-7-19-17(20)13-5-8-21(9-6-13)18(24)14-11-16(23)22(12-14)15-3-4-15/h7,10,13-15H,2-6,8-9,11-12H2,1H3/t14-/m1/s1. The second-order valence-electron chi connectivity index (χ2n) is 7.35. The summed E-state index contributed by atoms with van der Waals surface area (Å²) in [6.07, 6.45) is 8.47. The molecule has 24 heavy (non-hydrogen) atoms. The molecule has 6 nitrogen and oxygen atoms in total. The summed E-state index contributed by atoms with van der Waals surface area (Å²) in [5.74, 6) is 1.84. The molecule has 0 unspecified atom stereocenters. The van der Waals surface area contributed by atoms with E-state index in [0.29, 0.717) is 24.9 Å². The van der Waals surface area contributed by atoms with E-state index in [1.54, 1.807) is 0 Å². The molecule has 3 aliphatic rings. The number of amides is 2. The summed E-state index contributed by atoms with van der Waals surface area (Å²) in [5.41, 5.74) is 0. The minimum absolute atomic E-state index is 0.118. The smallest absolute Gasteiger partial charge is 0.227 e. The lowest BCUT2D eigenvalue weighted by molar-refractivity contribution is -0.136. The van der Waals surface area contributed by atoms with Crippen LogP contribution in [0.15, 0.2) is 12.4 Å². The number of likely N-dealkylation sites (tertiary alicyclic amines) is 2. The fourth-order valence-electron chi connectivity index (χ4n) is 4.20. The normalized spacial score (nSPS) is 25.5. The molecule has 1 atom stereocenters. The van der Waals surface area contributed by atoms with Crippen molar-refractivity contribution in [3.05, 3.63) is 18.2 Å². The van der Waals surface area contributed by atoms with Crippen molar-refractivity contribution >= 4 is 11.8 Å². The van der Waals surface area contributed by atoms with Crippen LogP contribution in [0.2, 0.25) is 0 Å². The summed E-state index contributed by atoms with van der Waals surface area (Å²) in [7, 11) is 0. The first-order valence-corrected chi connectivity index (χ1v) is 9.26. The van der Waals surface area contributed by atoms with Crippen LogP contribution in [-0.4, -0.2) is 56.8 Å². The van der Waals surface area contributed by atoms with Crippen LogP contribution in [0.4, 0.5) is 0 Å². The van der Waals surface area contributed by atoms with Crippen LogP contribution >= 0.6 is 0 Å². The molecule has 1 aromatic heterocycles. The molecular formula is C18H26N4O2. The van der Waals surface area contributed by atoms with Crippen LogP contribution < -0.4 is 0 Å². The molecule has 2 saturated heterocycles. The number of imidazole rings is 1. The number of rotatable bonds is 4. The second-order valence-corrected chi connectivity index (χ2v) is 7.35. The number of hydrogen-bond donors (Lipinski definition) is 0. The molecule has 0 N–H and O–H groups in total. The van der Waals surface area contributed by atoms with Crippen molar-refractivity contribution in [2.75, 3.05) is 19.6 Å². The lowest BCUT2D eigenvalue weighted by Crippen LogP contribution is -2.42. The van der Waals surface area contributed by atoms with Crippen molar-refractivity contribution in [2.45, 2.75) is 57.5 Å². The van der Waals surface area contributed by atoms with Gasteiger partial charge in [0.05, 0.1) is 5.92 Å². The lowest BCUT2D eigenvalue weighted by atomic mass is 9.94. The summed E-state index contributed by atoms with van der Waals surface area (Å²) in [4.78, 5) is 33.3. The quantitative estimate of drug-likeness (QED) is 0.843. The van der Waals surface area contributed by atoms with E-state index < -0.39 is 0 Å². The fourth-order valence-corrected chi connectivity index (χ4v) is 4.20. The Kier molecular flexibility index (Phi) is 4.06. The first-order valence-electron chi connectivity index (χ1n) is 9.26. The third-order valence-corrected chi connectivity index (χ3v) is 5.76.